The highest BCUT2D eigenvalue weighted by molar-refractivity contribution is 5.33. The summed E-state index contributed by atoms with van der Waals surface area (Å²) in [6.45, 7) is 5.74. The molecule has 0 unspecified atom stereocenters. The number of allylic oxidation sites excluding steroid dienone is 3. The molecule has 0 aromatic heterocycles. The second-order valence-electron chi connectivity index (χ2n) is 2.77. The summed E-state index contributed by atoms with van der Waals surface area (Å²) in [7, 11) is 0. The van der Waals surface area contributed by atoms with E-state index in [2.05, 4.69) is 11.5 Å². The molecule has 0 N–H and O–H groups in total. The van der Waals surface area contributed by atoms with Gasteiger partial charge in [0, 0.05) is 18.8 Å². The van der Waals surface area contributed by atoms with E-state index in [0.29, 0.717) is 0 Å². The molecule has 0 aromatic rings. The first-order chi connectivity index (χ1) is 5.36. The Kier molecular flexibility index (Phi) is 1.46. The van der Waals surface area contributed by atoms with E-state index < -0.39 is 0 Å². The Labute approximate surface area is 66.5 Å². The van der Waals surface area contributed by atoms with Crippen LogP contribution in [0.15, 0.2) is 36.4 Å². The van der Waals surface area contributed by atoms with Gasteiger partial charge in [-0.3, -0.25) is 0 Å². The summed E-state index contributed by atoms with van der Waals surface area (Å²) in [5.74, 6) is 0.948. The summed E-state index contributed by atoms with van der Waals surface area (Å²) in [4.78, 5) is 2.11. The molecule has 0 saturated carbocycles. The fourth-order valence-corrected chi connectivity index (χ4v) is 1.27. The second kappa shape index (κ2) is 2.46. The number of hydrogen-bond acceptors (Lipinski definition) is 2. The summed E-state index contributed by atoms with van der Waals surface area (Å²) >= 11 is 0. The quantitative estimate of drug-likeness (QED) is 0.519. The van der Waals surface area contributed by atoms with Gasteiger partial charge >= 0.3 is 0 Å². The molecule has 0 aliphatic carbocycles. The normalized spacial score (nSPS) is 22.4. The summed E-state index contributed by atoms with van der Waals surface area (Å²) < 4.78 is 5.43. The molecule has 0 radical (unpaired) electrons. The van der Waals surface area contributed by atoms with Gasteiger partial charge in [-0.05, 0) is 18.1 Å². The highest BCUT2D eigenvalue weighted by atomic mass is 16.5. The summed E-state index contributed by atoms with van der Waals surface area (Å²) in [6, 6.07) is 0. The van der Waals surface area contributed by atoms with Crippen molar-refractivity contribution >= 4 is 0 Å². The van der Waals surface area contributed by atoms with Crippen molar-refractivity contribution in [1.29, 1.82) is 0 Å². The first kappa shape index (κ1) is 6.53. The van der Waals surface area contributed by atoms with Crippen LogP contribution >= 0.6 is 0 Å². The highest BCUT2D eigenvalue weighted by Crippen LogP contribution is 2.20. The smallest absolute Gasteiger partial charge is 0.193 e. The average Bonchev–Trinajstić information content (AvgIpc) is 2.04. The van der Waals surface area contributed by atoms with E-state index in [-0.39, 0.29) is 0 Å². The molecule has 0 aromatic carbocycles. The molecule has 2 heteroatoms. The van der Waals surface area contributed by atoms with Crippen LogP contribution in [-0.4, -0.2) is 18.1 Å². The van der Waals surface area contributed by atoms with Crippen LogP contribution in [0.3, 0.4) is 0 Å². The minimum absolute atomic E-state index is 0.837. The lowest BCUT2D eigenvalue weighted by Gasteiger charge is -2.30. The Bertz CT molecular complexity index is 240. The van der Waals surface area contributed by atoms with E-state index in [1.807, 2.05) is 18.4 Å². The van der Waals surface area contributed by atoms with Crippen molar-refractivity contribution in [3.63, 3.8) is 0 Å². The number of ether oxygens (including phenoxy) is 1. The largest absolute Gasteiger partial charge is 0.479 e. The Morgan fingerprint density at radius 3 is 3.36 bits per heavy atom. The Hall–Kier alpha value is -1.18. The van der Waals surface area contributed by atoms with Gasteiger partial charge in [-0.1, -0.05) is 6.58 Å². The first-order valence-corrected chi connectivity index (χ1v) is 3.84. The molecule has 2 aliphatic heterocycles. The van der Waals surface area contributed by atoms with Crippen LogP contribution in [0.4, 0.5) is 0 Å². The molecule has 1 saturated heterocycles. The van der Waals surface area contributed by atoms with Gasteiger partial charge in [0.15, 0.2) is 5.88 Å². The molecule has 2 heterocycles. The van der Waals surface area contributed by atoms with E-state index in [1.54, 1.807) is 0 Å². The summed E-state index contributed by atoms with van der Waals surface area (Å²) in [5.41, 5.74) is 1.01. The van der Waals surface area contributed by atoms with Gasteiger partial charge in [0.25, 0.3) is 0 Å². The zero-order valence-electron chi connectivity index (χ0n) is 6.42. The van der Waals surface area contributed by atoms with Crippen LogP contribution in [0.5, 0.6) is 0 Å². The Balaban J connectivity index is 2.21. The molecule has 2 rings (SSSR count). The van der Waals surface area contributed by atoms with E-state index in [4.69, 9.17) is 4.74 Å². The van der Waals surface area contributed by atoms with Crippen molar-refractivity contribution in [3.05, 3.63) is 36.4 Å². The number of hydrogen-bond donors (Lipinski definition) is 0. The van der Waals surface area contributed by atoms with Crippen LogP contribution in [0.1, 0.15) is 6.42 Å². The van der Waals surface area contributed by atoms with Crippen LogP contribution in [-0.2, 0) is 4.74 Å². The maximum Gasteiger partial charge on any atom is 0.193 e. The first-order valence-electron chi connectivity index (χ1n) is 3.84. The maximum absolute atomic E-state index is 5.43. The molecule has 1 fully saturated rings. The summed E-state index contributed by atoms with van der Waals surface area (Å²) in [5, 5.41) is 0. The van der Waals surface area contributed by atoms with Gasteiger partial charge in [-0.25, -0.2) is 0 Å². The SMILES string of the molecule is C=C1C=CN2CCCOC2=C1. The molecule has 0 bridgehead atoms. The third-order valence-electron chi connectivity index (χ3n) is 1.85. The number of rotatable bonds is 0. The fourth-order valence-electron chi connectivity index (χ4n) is 1.27. The zero-order chi connectivity index (χ0) is 7.68. The van der Waals surface area contributed by atoms with E-state index in [9.17, 15) is 0 Å². The van der Waals surface area contributed by atoms with Gasteiger partial charge in [0.05, 0.1) is 6.61 Å². The third-order valence-corrected chi connectivity index (χ3v) is 1.85. The lowest BCUT2D eigenvalue weighted by atomic mass is 10.2. The van der Waals surface area contributed by atoms with Crippen molar-refractivity contribution in [2.45, 2.75) is 6.42 Å². The van der Waals surface area contributed by atoms with Crippen LogP contribution in [0.25, 0.3) is 0 Å². The molecule has 0 atom stereocenters. The lowest BCUT2D eigenvalue weighted by Crippen LogP contribution is -2.28. The minimum Gasteiger partial charge on any atom is -0.479 e. The number of fused-ring (bicyclic) bond motifs is 1. The molecule has 58 valence electrons. The van der Waals surface area contributed by atoms with Gasteiger partial charge in [0.1, 0.15) is 0 Å². The lowest BCUT2D eigenvalue weighted by molar-refractivity contribution is 0.0902. The van der Waals surface area contributed by atoms with Crippen molar-refractivity contribution in [2.75, 3.05) is 13.2 Å². The molecule has 0 spiro atoms. The average molecular weight is 149 g/mol. The standard InChI is InChI=1S/C9H11NO/c1-8-3-5-10-4-2-6-11-9(10)7-8/h3,5,7H,1-2,4,6H2. The molecular weight excluding hydrogens is 138 g/mol. The third kappa shape index (κ3) is 1.16. The van der Waals surface area contributed by atoms with Gasteiger partial charge < -0.3 is 9.64 Å². The van der Waals surface area contributed by atoms with E-state index in [1.165, 1.54) is 0 Å². The molecular formula is C9H11NO. The van der Waals surface area contributed by atoms with Crippen molar-refractivity contribution in [2.24, 2.45) is 0 Å². The van der Waals surface area contributed by atoms with Crippen molar-refractivity contribution in [3.8, 4) is 0 Å². The van der Waals surface area contributed by atoms with Crippen LogP contribution in [0, 0.1) is 0 Å². The Morgan fingerprint density at radius 2 is 2.45 bits per heavy atom. The number of nitrogens with zero attached hydrogens (tertiary/aromatic N) is 1. The zero-order valence-corrected chi connectivity index (χ0v) is 6.42. The second-order valence-corrected chi connectivity index (χ2v) is 2.77. The van der Waals surface area contributed by atoms with Crippen molar-refractivity contribution in [1.82, 2.24) is 4.90 Å². The van der Waals surface area contributed by atoms with Crippen LogP contribution < -0.4 is 0 Å². The van der Waals surface area contributed by atoms with Gasteiger partial charge in [-0.2, -0.15) is 0 Å². The molecule has 11 heavy (non-hydrogen) atoms. The van der Waals surface area contributed by atoms with Crippen molar-refractivity contribution < 1.29 is 4.74 Å². The molecule has 2 nitrogen and oxygen atoms in total. The van der Waals surface area contributed by atoms with E-state index in [0.717, 1.165) is 31.0 Å². The predicted octanol–water partition coefficient (Wildman–Crippen LogP) is 1.63. The molecule has 0 amide bonds. The van der Waals surface area contributed by atoms with E-state index >= 15 is 0 Å². The minimum atomic E-state index is 0.837. The summed E-state index contributed by atoms with van der Waals surface area (Å²) in [6.07, 6.45) is 7.10. The maximum atomic E-state index is 5.43. The topological polar surface area (TPSA) is 12.5 Å². The molecule has 2 aliphatic rings. The fraction of sp³-hybridized carbons (Fsp3) is 0.333. The van der Waals surface area contributed by atoms with Gasteiger partial charge in [0.2, 0.25) is 0 Å². The van der Waals surface area contributed by atoms with Gasteiger partial charge in [-0.15, -0.1) is 0 Å². The van der Waals surface area contributed by atoms with Crippen LogP contribution in [0.2, 0.25) is 0 Å². The predicted molar refractivity (Wildman–Crippen MR) is 43.6 cm³/mol. The Morgan fingerprint density at radius 1 is 1.55 bits per heavy atom. The monoisotopic (exact) mass is 149 g/mol. The highest BCUT2D eigenvalue weighted by Gasteiger charge is 2.15.